The molecule has 2 nitrogen and oxygen atoms in total. The zero-order valence-electron chi connectivity index (χ0n) is 12.2. The molecule has 100 valence electrons. The molecule has 1 N–H and O–H groups in total. The lowest BCUT2D eigenvalue weighted by Gasteiger charge is -2.44. The van der Waals surface area contributed by atoms with Gasteiger partial charge >= 0.3 is 0 Å². The number of hydrogen-bond donors (Lipinski definition) is 1. The molecule has 2 saturated carbocycles. The van der Waals surface area contributed by atoms with Gasteiger partial charge in [-0.25, -0.2) is 0 Å². The van der Waals surface area contributed by atoms with E-state index >= 15 is 0 Å². The van der Waals surface area contributed by atoms with E-state index < -0.39 is 0 Å². The second-order valence-corrected chi connectivity index (χ2v) is 7.08. The van der Waals surface area contributed by atoms with Gasteiger partial charge in [0.05, 0.1) is 6.61 Å². The van der Waals surface area contributed by atoms with Crippen LogP contribution in [0.4, 0.5) is 0 Å². The lowest BCUT2D eigenvalue weighted by Crippen LogP contribution is -2.54. The maximum absolute atomic E-state index is 5.52. The fraction of sp³-hybridized carbons (Fsp3) is 1.00. The van der Waals surface area contributed by atoms with Crippen LogP contribution in [0.3, 0.4) is 0 Å². The zero-order chi connectivity index (χ0) is 12.7. The maximum Gasteiger partial charge on any atom is 0.0616 e. The number of hydrogen-bond acceptors (Lipinski definition) is 2. The summed E-state index contributed by atoms with van der Waals surface area (Å²) in [4.78, 5) is 0. The molecule has 4 atom stereocenters. The molecule has 0 saturated heterocycles. The number of ether oxygens (including phenoxy) is 1. The molecule has 0 aliphatic heterocycles. The van der Waals surface area contributed by atoms with Crippen LogP contribution in [-0.4, -0.2) is 25.3 Å². The van der Waals surface area contributed by atoms with Gasteiger partial charge in [0, 0.05) is 18.7 Å². The molecule has 17 heavy (non-hydrogen) atoms. The molecule has 2 bridgehead atoms. The highest BCUT2D eigenvalue weighted by Crippen LogP contribution is 2.62. The van der Waals surface area contributed by atoms with E-state index in [1.807, 2.05) is 0 Å². The summed E-state index contributed by atoms with van der Waals surface area (Å²) in [6.07, 6.45) is 4.25. The summed E-state index contributed by atoms with van der Waals surface area (Å²) in [7, 11) is 0. The Labute approximate surface area is 107 Å². The van der Waals surface area contributed by atoms with E-state index in [1.54, 1.807) is 0 Å². The van der Waals surface area contributed by atoms with Crippen molar-refractivity contribution in [2.45, 2.75) is 66.0 Å². The number of fused-ring (bicyclic) bond motifs is 2. The van der Waals surface area contributed by atoms with Gasteiger partial charge in [-0.15, -0.1) is 0 Å². The summed E-state index contributed by atoms with van der Waals surface area (Å²) in [5.41, 5.74) is 0.974. The van der Waals surface area contributed by atoms with Crippen molar-refractivity contribution >= 4 is 0 Å². The Morgan fingerprint density at radius 2 is 2.06 bits per heavy atom. The Hall–Kier alpha value is -0.0800. The van der Waals surface area contributed by atoms with Crippen molar-refractivity contribution in [1.29, 1.82) is 0 Å². The van der Waals surface area contributed by atoms with Crippen molar-refractivity contribution in [2.24, 2.45) is 16.7 Å². The molecular weight excluding hydrogens is 210 g/mol. The van der Waals surface area contributed by atoms with Crippen LogP contribution in [0.5, 0.6) is 0 Å². The third kappa shape index (κ3) is 2.26. The van der Waals surface area contributed by atoms with Crippen molar-refractivity contribution in [1.82, 2.24) is 5.32 Å². The smallest absolute Gasteiger partial charge is 0.0616 e. The molecule has 4 unspecified atom stereocenters. The van der Waals surface area contributed by atoms with Crippen molar-refractivity contribution in [3.05, 3.63) is 0 Å². The van der Waals surface area contributed by atoms with E-state index in [-0.39, 0.29) is 0 Å². The molecule has 0 amide bonds. The molecular formula is C15H29NO. The van der Waals surface area contributed by atoms with Crippen molar-refractivity contribution in [2.75, 3.05) is 13.2 Å². The molecule has 0 radical (unpaired) electrons. The Balaban J connectivity index is 2.00. The van der Waals surface area contributed by atoms with Gasteiger partial charge in [-0.1, -0.05) is 20.8 Å². The second-order valence-electron chi connectivity index (χ2n) is 7.08. The molecule has 2 aliphatic rings. The van der Waals surface area contributed by atoms with Crippen molar-refractivity contribution in [3.63, 3.8) is 0 Å². The van der Waals surface area contributed by atoms with E-state index in [0.717, 1.165) is 19.1 Å². The average molecular weight is 239 g/mol. The predicted molar refractivity (Wildman–Crippen MR) is 72.1 cm³/mol. The predicted octanol–water partition coefficient (Wildman–Crippen LogP) is 3.22. The van der Waals surface area contributed by atoms with Crippen LogP contribution in [0.1, 0.15) is 53.9 Å². The van der Waals surface area contributed by atoms with Crippen LogP contribution in [0.15, 0.2) is 0 Å². The van der Waals surface area contributed by atoms with Gasteiger partial charge in [0.1, 0.15) is 0 Å². The molecule has 0 aromatic carbocycles. The third-order valence-corrected chi connectivity index (χ3v) is 5.29. The maximum atomic E-state index is 5.52. The quantitative estimate of drug-likeness (QED) is 0.795. The molecule has 0 aromatic rings. The van der Waals surface area contributed by atoms with Gasteiger partial charge in [-0.05, 0) is 49.9 Å². The minimum absolute atomic E-state index is 0.452. The SMILES string of the molecule is CCOCC(C)NC1C2(C)CCC(C2)C1(C)C. The van der Waals surface area contributed by atoms with E-state index in [0.29, 0.717) is 22.9 Å². The molecule has 2 heteroatoms. The molecule has 2 fully saturated rings. The van der Waals surface area contributed by atoms with Gasteiger partial charge in [0.2, 0.25) is 0 Å². The van der Waals surface area contributed by atoms with Crippen LogP contribution in [0, 0.1) is 16.7 Å². The summed E-state index contributed by atoms with van der Waals surface area (Å²) >= 11 is 0. The van der Waals surface area contributed by atoms with Crippen LogP contribution < -0.4 is 5.32 Å². The minimum Gasteiger partial charge on any atom is -0.380 e. The summed E-state index contributed by atoms with van der Waals surface area (Å²) in [6.45, 7) is 13.4. The minimum atomic E-state index is 0.452. The Kier molecular flexibility index (Phi) is 3.57. The first-order chi connectivity index (χ1) is 7.90. The molecule has 0 spiro atoms. The van der Waals surface area contributed by atoms with E-state index in [2.05, 4.69) is 39.9 Å². The topological polar surface area (TPSA) is 21.3 Å². The lowest BCUT2D eigenvalue weighted by molar-refractivity contribution is 0.0713. The normalized spacial score (nSPS) is 40.8. The van der Waals surface area contributed by atoms with Gasteiger partial charge in [-0.3, -0.25) is 0 Å². The first-order valence-electron chi connectivity index (χ1n) is 7.24. The highest BCUT2D eigenvalue weighted by Gasteiger charge is 2.59. The molecule has 2 aliphatic carbocycles. The molecule has 2 rings (SSSR count). The van der Waals surface area contributed by atoms with E-state index in [1.165, 1.54) is 19.3 Å². The van der Waals surface area contributed by atoms with Crippen LogP contribution in [0.25, 0.3) is 0 Å². The highest BCUT2D eigenvalue weighted by atomic mass is 16.5. The van der Waals surface area contributed by atoms with E-state index in [4.69, 9.17) is 4.74 Å². The Bertz CT molecular complexity index is 271. The number of rotatable bonds is 5. The van der Waals surface area contributed by atoms with Crippen molar-refractivity contribution < 1.29 is 4.74 Å². The van der Waals surface area contributed by atoms with Crippen LogP contribution in [-0.2, 0) is 4.74 Å². The van der Waals surface area contributed by atoms with Crippen LogP contribution >= 0.6 is 0 Å². The van der Waals surface area contributed by atoms with Gasteiger partial charge in [-0.2, -0.15) is 0 Å². The Morgan fingerprint density at radius 1 is 1.35 bits per heavy atom. The summed E-state index contributed by atoms with van der Waals surface area (Å²) < 4.78 is 5.52. The molecule has 0 aromatic heterocycles. The fourth-order valence-corrected chi connectivity index (χ4v) is 4.35. The summed E-state index contributed by atoms with van der Waals surface area (Å²) in [5, 5.41) is 3.85. The van der Waals surface area contributed by atoms with Crippen LogP contribution in [0.2, 0.25) is 0 Å². The highest BCUT2D eigenvalue weighted by molar-refractivity contribution is 5.12. The van der Waals surface area contributed by atoms with Gasteiger partial charge in [0.15, 0.2) is 0 Å². The second kappa shape index (κ2) is 4.55. The summed E-state index contributed by atoms with van der Waals surface area (Å²) in [6, 6.07) is 1.12. The first kappa shape index (κ1) is 13.4. The Morgan fingerprint density at radius 3 is 2.59 bits per heavy atom. The average Bonchev–Trinajstić information content (AvgIpc) is 2.73. The fourth-order valence-electron chi connectivity index (χ4n) is 4.35. The van der Waals surface area contributed by atoms with Gasteiger partial charge in [0.25, 0.3) is 0 Å². The molecule has 0 heterocycles. The van der Waals surface area contributed by atoms with Gasteiger partial charge < -0.3 is 10.1 Å². The first-order valence-corrected chi connectivity index (χ1v) is 7.24. The summed E-state index contributed by atoms with van der Waals surface area (Å²) in [5.74, 6) is 0.921. The largest absolute Gasteiger partial charge is 0.380 e. The number of nitrogens with one attached hydrogen (secondary N) is 1. The lowest BCUT2D eigenvalue weighted by atomic mass is 9.68. The monoisotopic (exact) mass is 239 g/mol. The standard InChI is InChI=1S/C15H29NO/c1-6-17-10-11(2)16-13-14(3,4)12-7-8-15(13,5)9-12/h11-13,16H,6-10H2,1-5H3. The van der Waals surface area contributed by atoms with E-state index in [9.17, 15) is 0 Å². The van der Waals surface area contributed by atoms with Crippen molar-refractivity contribution in [3.8, 4) is 0 Å². The zero-order valence-corrected chi connectivity index (χ0v) is 12.2. The third-order valence-electron chi connectivity index (χ3n) is 5.29.